The van der Waals surface area contributed by atoms with Crippen molar-refractivity contribution in [2.75, 3.05) is 0 Å². The third kappa shape index (κ3) is 1.63. The molecule has 1 fully saturated rings. The summed E-state index contributed by atoms with van der Waals surface area (Å²) in [4.78, 5) is 0. The molecule has 0 aliphatic carbocycles. The Kier molecular flexibility index (Phi) is 2.04. The molecular formula is HFO5Te. The van der Waals surface area contributed by atoms with E-state index in [4.69, 9.17) is 0 Å². The van der Waals surface area contributed by atoms with Crippen LogP contribution in [0, 0.1) is 0 Å². The van der Waals surface area contributed by atoms with Crippen LogP contribution in [0.5, 0.6) is 0 Å². The van der Waals surface area contributed by atoms with Crippen LogP contribution >= 0.6 is 0 Å². The maximum atomic E-state index is 9.62. The van der Waals surface area contributed by atoms with E-state index < -0.39 is 19.0 Å². The summed E-state index contributed by atoms with van der Waals surface area (Å²) in [6, 6.07) is 0. The zero-order valence-corrected chi connectivity index (χ0v) is 5.19. The molecule has 0 aromatic heterocycles. The molecule has 1 rings (SSSR count). The fourth-order valence-corrected chi connectivity index (χ4v) is 0.491. The van der Waals surface area contributed by atoms with E-state index in [1.165, 1.54) is 0 Å². The van der Waals surface area contributed by atoms with Gasteiger partial charge in [0.25, 0.3) is 0 Å². The van der Waals surface area contributed by atoms with Gasteiger partial charge in [-0.05, 0) is 0 Å². The van der Waals surface area contributed by atoms with E-state index >= 15 is 0 Å². The van der Waals surface area contributed by atoms with E-state index in [9.17, 15) is 6.21 Å². The predicted molar refractivity (Wildman–Crippen MR) is 12.9 cm³/mol. The Morgan fingerprint density at radius 3 is 1.43 bits per heavy atom. The summed E-state index contributed by atoms with van der Waals surface area (Å²) < 4.78 is 26.2. The van der Waals surface area contributed by atoms with Crippen molar-refractivity contribution in [2.45, 2.75) is 0 Å². The van der Waals surface area contributed by atoms with Crippen LogP contribution in [0.3, 0.4) is 0 Å². The van der Waals surface area contributed by atoms with Crippen LogP contribution in [-0.2, 0) is 17.8 Å². The molecule has 0 aromatic carbocycles. The molecule has 0 aromatic rings. The fourth-order valence-electron chi connectivity index (χ4n) is 0.0731. The van der Waals surface area contributed by atoms with Crippen LogP contribution in [0.25, 0.3) is 0 Å². The molecule has 1 aliphatic heterocycles. The molecule has 0 saturated carbocycles. The second-order valence-electron chi connectivity index (χ2n) is 0.612. The molecule has 0 radical (unpaired) electrons. The zero-order chi connectivity index (χ0) is 4.62. The normalized spacial score (nSPS) is 24.6. The summed E-state index contributed by atoms with van der Waals surface area (Å²) in [7, 11) is 0. The van der Waals surface area contributed by atoms with Crippen molar-refractivity contribution in [1.82, 2.24) is 0 Å². The van der Waals surface area contributed by atoms with E-state index in [0.29, 0.717) is 0 Å². The first-order valence-electron chi connectivity index (χ1n) is 1.00. The average Bonchev–Trinajstić information content (AvgIpc) is 1.32. The minimum atomic E-state index is -4.60. The van der Waals surface area contributed by atoms with Crippen molar-refractivity contribution >= 4 is 19.0 Å². The third-order valence-corrected chi connectivity index (χ3v) is 1.49. The van der Waals surface area contributed by atoms with Crippen molar-refractivity contribution in [3.8, 4) is 0 Å². The summed E-state index contributed by atoms with van der Waals surface area (Å²) in [6.45, 7) is 0. The summed E-state index contributed by atoms with van der Waals surface area (Å²) in [5.74, 6) is 0. The van der Waals surface area contributed by atoms with E-state index in [0.717, 1.165) is 0 Å². The third-order valence-electron chi connectivity index (χ3n) is 0.222. The Hall–Kier alpha value is 0.200. The van der Waals surface area contributed by atoms with E-state index in [1.807, 2.05) is 0 Å². The predicted octanol–water partition coefficient (Wildman–Crippen LogP) is -0.671. The van der Waals surface area contributed by atoms with Crippen molar-refractivity contribution in [3.63, 3.8) is 0 Å². The first-order valence-corrected chi connectivity index (χ1v) is 4.81. The topological polar surface area (TPSA) is 61.8 Å². The molecular weight excluding hydrogens is 227 g/mol. The Morgan fingerprint density at radius 1 is 1.14 bits per heavy atom. The van der Waals surface area contributed by atoms with Crippen molar-refractivity contribution in [2.24, 2.45) is 0 Å². The van der Waals surface area contributed by atoms with E-state index in [2.05, 4.69) is 11.5 Å². The van der Waals surface area contributed by atoms with Gasteiger partial charge >= 0.3 is 36.7 Å². The quantitative estimate of drug-likeness (QED) is 0.406. The second kappa shape index (κ2) is 1.98. The molecule has 1 aliphatic rings. The summed E-state index contributed by atoms with van der Waals surface area (Å²) in [5, 5.41) is 3.40. The van der Waals surface area contributed by atoms with Crippen molar-refractivity contribution in [1.29, 1.82) is 0 Å². The second-order valence-corrected chi connectivity index (χ2v) is 3.72. The van der Waals surface area contributed by atoms with Gasteiger partial charge in [0.15, 0.2) is 0 Å². The summed E-state index contributed by atoms with van der Waals surface area (Å²) >= 11 is -4.60. The Bertz CT molecular complexity index is 122. The number of hydrogen-bond acceptors (Lipinski definition) is 5. The molecule has 44 valence electrons. The van der Waals surface area contributed by atoms with Crippen molar-refractivity contribution in [3.05, 3.63) is 0 Å². The molecule has 5 nitrogen and oxygen atoms in total. The number of rotatable bonds is 0. The Balaban J connectivity index is 0.000000360. The standard InChI is InChI=1S/FH.O5Te/c;1-6(2)4-3-5-6/h1H;. The van der Waals surface area contributed by atoms with Gasteiger partial charge < -0.3 is 0 Å². The van der Waals surface area contributed by atoms with E-state index in [1.54, 1.807) is 0 Å². The van der Waals surface area contributed by atoms with Gasteiger partial charge in [0, 0.05) is 0 Å². The zero-order valence-electron chi connectivity index (χ0n) is 2.86. The molecule has 7 heteroatoms. The van der Waals surface area contributed by atoms with Gasteiger partial charge in [-0.2, -0.15) is 0 Å². The van der Waals surface area contributed by atoms with Crippen LogP contribution in [0.15, 0.2) is 0 Å². The van der Waals surface area contributed by atoms with Gasteiger partial charge in [-0.1, -0.05) is 0 Å². The van der Waals surface area contributed by atoms with Gasteiger partial charge in [0.05, 0.1) is 0 Å². The molecule has 0 amide bonds. The molecule has 0 N–H and O–H groups in total. The van der Waals surface area contributed by atoms with Crippen LogP contribution in [0.2, 0.25) is 0 Å². The van der Waals surface area contributed by atoms with Crippen LogP contribution < -0.4 is 0 Å². The molecule has 1 heterocycles. The van der Waals surface area contributed by atoms with E-state index in [-0.39, 0.29) is 4.70 Å². The summed E-state index contributed by atoms with van der Waals surface area (Å²) in [6.07, 6.45) is 0. The maximum absolute atomic E-state index is 9.62. The minimum absolute atomic E-state index is 0. The van der Waals surface area contributed by atoms with Crippen molar-refractivity contribution < 1.29 is 22.5 Å². The van der Waals surface area contributed by atoms with Gasteiger partial charge in [0.1, 0.15) is 0 Å². The van der Waals surface area contributed by atoms with Crippen LogP contribution in [0.4, 0.5) is 4.70 Å². The Labute approximate surface area is 42.0 Å². The first-order chi connectivity index (χ1) is 2.71. The molecule has 0 unspecified atom stereocenters. The number of halogens is 1. The number of hydrogen-bond donors (Lipinski definition) is 0. The van der Waals surface area contributed by atoms with Gasteiger partial charge in [-0.3, -0.25) is 4.70 Å². The van der Waals surface area contributed by atoms with Gasteiger partial charge in [0.2, 0.25) is 0 Å². The fraction of sp³-hybridized carbons (Fsp3) is 0. The molecule has 0 atom stereocenters. The SMILES string of the molecule is F.O=[Te]1(=O)OOO1. The molecule has 1 saturated heterocycles. The first kappa shape index (κ1) is 7.20. The molecule has 0 bridgehead atoms. The average molecular weight is 228 g/mol. The Morgan fingerprint density at radius 2 is 1.43 bits per heavy atom. The van der Waals surface area contributed by atoms with Gasteiger partial charge in [-0.25, -0.2) is 0 Å². The molecule has 7 heavy (non-hydrogen) atoms. The van der Waals surface area contributed by atoms with Gasteiger partial charge in [-0.15, -0.1) is 0 Å². The van der Waals surface area contributed by atoms with Crippen LogP contribution in [0.1, 0.15) is 0 Å². The summed E-state index contributed by atoms with van der Waals surface area (Å²) in [5.41, 5.74) is 0. The monoisotopic (exact) mass is 230 g/mol. The van der Waals surface area contributed by atoms with Crippen LogP contribution in [-0.4, -0.2) is 19.0 Å². The molecule has 0 spiro atoms.